The Morgan fingerprint density at radius 2 is 1.93 bits per heavy atom. The molecule has 1 aliphatic rings. The maximum Gasteiger partial charge on any atom is 0.118 e. The molecule has 2 rings (SSSR count). The van der Waals surface area contributed by atoms with E-state index in [1.165, 1.54) is 18.4 Å². The molecule has 1 N–H and O–H groups in total. The molecule has 14 heavy (non-hydrogen) atoms. The quantitative estimate of drug-likeness (QED) is 0.786. The van der Waals surface area contributed by atoms with Crippen LogP contribution >= 0.6 is 0 Å². The van der Waals surface area contributed by atoms with E-state index >= 15 is 0 Å². The number of likely N-dealkylation sites (N-methyl/N-ethyl adjacent to an activating group) is 1. The van der Waals surface area contributed by atoms with Crippen LogP contribution in [0.2, 0.25) is 0 Å². The number of methoxy groups -OCH3 is 1. The second-order valence-electron chi connectivity index (χ2n) is 4.06. The van der Waals surface area contributed by atoms with Gasteiger partial charge in [-0.25, -0.2) is 0 Å². The molecule has 0 radical (unpaired) electrons. The van der Waals surface area contributed by atoms with Crippen LogP contribution < -0.4 is 10.1 Å². The number of hydrogen-bond acceptors (Lipinski definition) is 2. The summed E-state index contributed by atoms with van der Waals surface area (Å²) in [4.78, 5) is 0. The Balaban J connectivity index is 2.03. The molecule has 0 spiro atoms. The van der Waals surface area contributed by atoms with Crippen LogP contribution in [-0.4, -0.2) is 19.7 Å². The summed E-state index contributed by atoms with van der Waals surface area (Å²) in [6.45, 7) is 0. The second kappa shape index (κ2) is 3.62. The number of hydrogen-bond donors (Lipinski definition) is 1. The molecule has 0 amide bonds. The largest absolute Gasteiger partial charge is 0.497 e. The lowest BCUT2D eigenvalue weighted by Crippen LogP contribution is -2.29. The molecule has 0 saturated heterocycles. The first-order valence-electron chi connectivity index (χ1n) is 5.10. The second-order valence-corrected chi connectivity index (χ2v) is 4.06. The molecule has 0 aliphatic heterocycles. The number of benzene rings is 1. The van der Waals surface area contributed by atoms with Gasteiger partial charge in [-0.1, -0.05) is 12.1 Å². The fourth-order valence-corrected chi connectivity index (χ4v) is 1.80. The molecule has 0 bridgehead atoms. The van der Waals surface area contributed by atoms with Gasteiger partial charge in [-0.2, -0.15) is 0 Å². The number of rotatable bonds is 4. The van der Waals surface area contributed by atoms with Crippen molar-refractivity contribution < 1.29 is 4.74 Å². The van der Waals surface area contributed by atoms with Crippen molar-refractivity contribution in [3.8, 4) is 5.75 Å². The van der Waals surface area contributed by atoms with E-state index < -0.39 is 0 Å². The van der Waals surface area contributed by atoms with Gasteiger partial charge in [0.05, 0.1) is 7.11 Å². The molecule has 1 aromatic rings. The maximum atomic E-state index is 5.13. The minimum absolute atomic E-state index is 0.397. The smallest absolute Gasteiger partial charge is 0.118 e. The molecule has 0 aromatic heterocycles. The minimum atomic E-state index is 0.397. The molecule has 1 fully saturated rings. The van der Waals surface area contributed by atoms with E-state index in [1.807, 2.05) is 12.1 Å². The van der Waals surface area contributed by atoms with Crippen molar-refractivity contribution in [1.29, 1.82) is 0 Å². The van der Waals surface area contributed by atoms with Crippen molar-refractivity contribution in [2.24, 2.45) is 0 Å². The van der Waals surface area contributed by atoms with Crippen LogP contribution in [0.3, 0.4) is 0 Å². The summed E-state index contributed by atoms with van der Waals surface area (Å²) in [5, 5.41) is 3.40. The zero-order valence-electron chi connectivity index (χ0n) is 8.84. The molecule has 1 aromatic carbocycles. The Morgan fingerprint density at radius 3 is 2.36 bits per heavy atom. The highest BCUT2D eigenvalue weighted by Crippen LogP contribution is 2.38. The molecule has 0 heterocycles. The lowest BCUT2D eigenvalue weighted by molar-refractivity contribution is 0.414. The Kier molecular flexibility index (Phi) is 2.46. The van der Waals surface area contributed by atoms with Crippen LogP contribution in [0.1, 0.15) is 18.4 Å². The van der Waals surface area contributed by atoms with Crippen molar-refractivity contribution >= 4 is 0 Å². The van der Waals surface area contributed by atoms with Crippen molar-refractivity contribution in [2.45, 2.75) is 24.8 Å². The normalized spacial score (nSPS) is 17.9. The standard InChI is InChI=1S/C12H17NO/c1-13-12(7-8-12)9-10-3-5-11(14-2)6-4-10/h3-6,13H,7-9H2,1-2H3. The summed E-state index contributed by atoms with van der Waals surface area (Å²) in [6, 6.07) is 8.36. The highest BCUT2D eigenvalue weighted by molar-refractivity contribution is 5.29. The van der Waals surface area contributed by atoms with E-state index in [9.17, 15) is 0 Å². The Hall–Kier alpha value is -1.02. The van der Waals surface area contributed by atoms with Gasteiger partial charge in [-0.15, -0.1) is 0 Å². The fraction of sp³-hybridized carbons (Fsp3) is 0.500. The van der Waals surface area contributed by atoms with Crippen LogP contribution in [0.25, 0.3) is 0 Å². The highest BCUT2D eigenvalue weighted by atomic mass is 16.5. The lowest BCUT2D eigenvalue weighted by atomic mass is 10.0. The van der Waals surface area contributed by atoms with Crippen LogP contribution in [0, 0.1) is 0 Å². The molecule has 76 valence electrons. The van der Waals surface area contributed by atoms with Crippen molar-refractivity contribution in [1.82, 2.24) is 5.32 Å². The Morgan fingerprint density at radius 1 is 1.29 bits per heavy atom. The highest BCUT2D eigenvalue weighted by Gasteiger charge is 2.40. The van der Waals surface area contributed by atoms with Gasteiger partial charge in [0.1, 0.15) is 5.75 Å². The van der Waals surface area contributed by atoms with Gasteiger partial charge in [0, 0.05) is 5.54 Å². The van der Waals surface area contributed by atoms with Gasteiger partial charge in [0.25, 0.3) is 0 Å². The van der Waals surface area contributed by atoms with Gasteiger partial charge in [0.2, 0.25) is 0 Å². The molecular weight excluding hydrogens is 174 g/mol. The Bertz CT molecular complexity index is 301. The summed E-state index contributed by atoms with van der Waals surface area (Å²) in [6.07, 6.45) is 3.73. The topological polar surface area (TPSA) is 21.3 Å². The zero-order chi connectivity index (χ0) is 10.0. The van der Waals surface area contributed by atoms with Gasteiger partial charge in [-0.05, 0) is 44.0 Å². The molecule has 1 saturated carbocycles. The molecular formula is C12H17NO. The molecule has 2 heteroatoms. The van der Waals surface area contributed by atoms with E-state index in [2.05, 4.69) is 24.5 Å². The molecule has 0 unspecified atom stereocenters. The lowest BCUT2D eigenvalue weighted by Gasteiger charge is -2.13. The van der Waals surface area contributed by atoms with Gasteiger partial charge >= 0.3 is 0 Å². The van der Waals surface area contributed by atoms with Crippen LogP contribution in [0.15, 0.2) is 24.3 Å². The number of ether oxygens (including phenoxy) is 1. The average Bonchev–Trinajstić information content (AvgIpc) is 3.00. The SMILES string of the molecule is CNC1(Cc2ccc(OC)cc2)CC1. The first-order chi connectivity index (χ1) is 6.78. The third-order valence-corrected chi connectivity index (χ3v) is 3.09. The molecule has 2 nitrogen and oxygen atoms in total. The van der Waals surface area contributed by atoms with Gasteiger partial charge in [0.15, 0.2) is 0 Å². The summed E-state index contributed by atoms with van der Waals surface area (Å²) in [5.74, 6) is 0.933. The molecule has 0 atom stereocenters. The Labute approximate surface area is 85.3 Å². The average molecular weight is 191 g/mol. The summed E-state index contributed by atoms with van der Waals surface area (Å²) < 4.78 is 5.13. The van der Waals surface area contributed by atoms with Crippen molar-refractivity contribution in [2.75, 3.05) is 14.2 Å². The number of nitrogens with one attached hydrogen (secondary N) is 1. The first kappa shape index (κ1) is 9.53. The predicted molar refractivity (Wildman–Crippen MR) is 57.7 cm³/mol. The van der Waals surface area contributed by atoms with Crippen LogP contribution in [0.4, 0.5) is 0 Å². The third-order valence-electron chi connectivity index (χ3n) is 3.09. The van der Waals surface area contributed by atoms with Crippen LogP contribution in [-0.2, 0) is 6.42 Å². The first-order valence-corrected chi connectivity index (χ1v) is 5.10. The predicted octanol–water partition coefficient (Wildman–Crippen LogP) is 1.99. The van der Waals surface area contributed by atoms with Crippen molar-refractivity contribution in [3.63, 3.8) is 0 Å². The summed E-state index contributed by atoms with van der Waals surface area (Å²) in [7, 11) is 3.75. The minimum Gasteiger partial charge on any atom is -0.497 e. The van der Waals surface area contributed by atoms with Gasteiger partial charge in [-0.3, -0.25) is 0 Å². The zero-order valence-corrected chi connectivity index (χ0v) is 8.84. The van der Waals surface area contributed by atoms with E-state index in [1.54, 1.807) is 7.11 Å². The van der Waals surface area contributed by atoms with Gasteiger partial charge < -0.3 is 10.1 Å². The van der Waals surface area contributed by atoms with Crippen LogP contribution in [0.5, 0.6) is 5.75 Å². The molecule has 1 aliphatic carbocycles. The monoisotopic (exact) mass is 191 g/mol. The maximum absolute atomic E-state index is 5.13. The van der Waals surface area contributed by atoms with E-state index in [-0.39, 0.29) is 0 Å². The summed E-state index contributed by atoms with van der Waals surface area (Å²) >= 11 is 0. The summed E-state index contributed by atoms with van der Waals surface area (Å²) in [5.41, 5.74) is 1.78. The van der Waals surface area contributed by atoms with E-state index in [0.29, 0.717) is 5.54 Å². The third kappa shape index (κ3) is 1.90. The fourth-order valence-electron chi connectivity index (χ4n) is 1.80. The van der Waals surface area contributed by atoms with E-state index in [0.717, 1.165) is 12.2 Å². The van der Waals surface area contributed by atoms with E-state index in [4.69, 9.17) is 4.74 Å². The van der Waals surface area contributed by atoms with Crippen molar-refractivity contribution in [3.05, 3.63) is 29.8 Å².